The number of nitrogens with zero attached hydrogens (tertiary/aromatic N) is 1. The Morgan fingerprint density at radius 3 is 2.95 bits per heavy atom. The molecule has 1 amide bonds. The lowest BCUT2D eigenvalue weighted by molar-refractivity contribution is -0.126. The first-order valence-electron chi connectivity index (χ1n) is 8.04. The Hall–Kier alpha value is -0.770. The molecule has 1 aliphatic heterocycles. The number of benzene rings is 1. The Morgan fingerprint density at radius 2 is 2.23 bits per heavy atom. The lowest BCUT2D eigenvalue weighted by Crippen LogP contribution is -2.42. The highest BCUT2D eigenvalue weighted by atomic mass is 35.5. The summed E-state index contributed by atoms with van der Waals surface area (Å²) in [5.41, 5.74) is 1.07. The van der Waals surface area contributed by atoms with Gasteiger partial charge in [-0.3, -0.25) is 9.69 Å². The van der Waals surface area contributed by atoms with Gasteiger partial charge in [0.2, 0.25) is 5.91 Å². The number of carbonyl (C=O) groups excluding carboxylic acids is 1. The van der Waals surface area contributed by atoms with E-state index in [1.165, 1.54) is 0 Å². The average Bonchev–Trinajstić information content (AvgIpc) is 2.50. The van der Waals surface area contributed by atoms with E-state index in [9.17, 15) is 4.79 Å². The van der Waals surface area contributed by atoms with Crippen molar-refractivity contribution in [3.63, 3.8) is 0 Å². The second kappa shape index (κ2) is 8.76. The van der Waals surface area contributed by atoms with Crippen LogP contribution in [0.3, 0.4) is 0 Å². The molecule has 0 saturated carbocycles. The van der Waals surface area contributed by atoms with Gasteiger partial charge in [0.15, 0.2) is 0 Å². The number of nitrogens with one attached hydrogen (secondary N) is 1. The van der Waals surface area contributed by atoms with Crippen LogP contribution in [0.2, 0.25) is 10.0 Å². The van der Waals surface area contributed by atoms with Gasteiger partial charge < -0.3 is 5.32 Å². The summed E-state index contributed by atoms with van der Waals surface area (Å²) in [7, 11) is 0. The van der Waals surface area contributed by atoms with Crippen LogP contribution in [0.1, 0.15) is 38.2 Å². The number of unbranched alkanes of at least 4 members (excludes halogenated alkanes) is 1. The molecule has 1 aromatic rings. The van der Waals surface area contributed by atoms with Crippen molar-refractivity contribution in [1.29, 1.82) is 0 Å². The van der Waals surface area contributed by atoms with Gasteiger partial charge >= 0.3 is 0 Å². The molecular weight excluding hydrogens is 319 g/mol. The zero-order valence-corrected chi connectivity index (χ0v) is 14.6. The van der Waals surface area contributed by atoms with Crippen LogP contribution in [0.5, 0.6) is 0 Å². The molecule has 0 aromatic heterocycles. The van der Waals surface area contributed by atoms with Gasteiger partial charge in [-0.1, -0.05) is 42.6 Å². The van der Waals surface area contributed by atoms with Crippen molar-refractivity contribution in [3.8, 4) is 0 Å². The van der Waals surface area contributed by atoms with Crippen LogP contribution in [-0.2, 0) is 11.3 Å². The lowest BCUT2D eigenvalue weighted by Gasteiger charge is -2.32. The maximum atomic E-state index is 12.2. The first kappa shape index (κ1) is 17.6. The number of hydrogen-bond acceptors (Lipinski definition) is 2. The summed E-state index contributed by atoms with van der Waals surface area (Å²) in [6, 6.07) is 5.61. The topological polar surface area (TPSA) is 32.3 Å². The van der Waals surface area contributed by atoms with Gasteiger partial charge in [0, 0.05) is 29.7 Å². The largest absolute Gasteiger partial charge is 0.356 e. The van der Waals surface area contributed by atoms with Crippen molar-refractivity contribution in [2.24, 2.45) is 5.92 Å². The van der Waals surface area contributed by atoms with Gasteiger partial charge in [0.05, 0.1) is 5.92 Å². The van der Waals surface area contributed by atoms with Gasteiger partial charge in [-0.05, 0) is 43.5 Å². The molecule has 1 aliphatic rings. The van der Waals surface area contributed by atoms with Crippen molar-refractivity contribution in [3.05, 3.63) is 33.8 Å². The molecule has 1 fully saturated rings. The predicted octanol–water partition coefficient (Wildman–Crippen LogP) is 4.12. The van der Waals surface area contributed by atoms with E-state index < -0.39 is 0 Å². The van der Waals surface area contributed by atoms with Crippen LogP contribution in [0.4, 0.5) is 0 Å². The molecular formula is C17H24Cl2N2O. The van der Waals surface area contributed by atoms with Crippen molar-refractivity contribution >= 4 is 29.1 Å². The van der Waals surface area contributed by atoms with E-state index >= 15 is 0 Å². The molecule has 0 unspecified atom stereocenters. The van der Waals surface area contributed by atoms with Gasteiger partial charge in [0.1, 0.15) is 0 Å². The quantitative estimate of drug-likeness (QED) is 0.788. The molecule has 3 nitrogen and oxygen atoms in total. The van der Waals surface area contributed by atoms with Crippen LogP contribution in [0.15, 0.2) is 18.2 Å². The number of halogens is 2. The molecule has 22 heavy (non-hydrogen) atoms. The third-order valence-electron chi connectivity index (χ3n) is 4.11. The highest BCUT2D eigenvalue weighted by molar-refractivity contribution is 6.35. The maximum absolute atomic E-state index is 12.2. The van der Waals surface area contributed by atoms with Gasteiger partial charge in [-0.2, -0.15) is 0 Å². The average molecular weight is 343 g/mol. The molecule has 1 aromatic carbocycles. The molecule has 1 heterocycles. The molecule has 0 spiro atoms. The summed E-state index contributed by atoms with van der Waals surface area (Å²) in [6.45, 7) is 5.50. The number of piperidine rings is 1. The van der Waals surface area contributed by atoms with E-state index in [0.717, 1.165) is 57.4 Å². The first-order valence-corrected chi connectivity index (χ1v) is 8.79. The maximum Gasteiger partial charge on any atom is 0.224 e. The number of amides is 1. The fourth-order valence-corrected chi connectivity index (χ4v) is 3.30. The normalized spacial score (nSPS) is 19.1. The Bertz CT molecular complexity index is 507. The molecule has 1 N–H and O–H groups in total. The minimum Gasteiger partial charge on any atom is -0.356 e. The lowest BCUT2D eigenvalue weighted by atomic mass is 9.96. The predicted molar refractivity (Wildman–Crippen MR) is 92.4 cm³/mol. The second-order valence-corrected chi connectivity index (χ2v) is 6.80. The number of hydrogen-bond donors (Lipinski definition) is 1. The molecule has 1 atom stereocenters. The summed E-state index contributed by atoms with van der Waals surface area (Å²) in [5, 5.41) is 4.40. The van der Waals surface area contributed by atoms with E-state index in [-0.39, 0.29) is 11.8 Å². The number of rotatable bonds is 6. The SMILES string of the molecule is CCCCNC(=O)[C@@H]1CCCN(Cc2ccc(Cl)cc2Cl)C1. The minimum absolute atomic E-state index is 0.0941. The van der Waals surface area contributed by atoms with E-state index in [4.69, 9.17) is 23.2 Å². The molecule has 122 valence electrons. The summed E-state index contributed by atoms with van der Waals surface area (Å²) in [4.78, 5) is 14.5. The summed E-state index contributed by atoms with van der Waals surface area (Å²) >= 11 is 12.2. The monoisotopic (exact) mass is 342 g/mol. The standard InChI is InChI=1S/C17H24Cl2N2O/c1-2-3-8-20-17(22)14-5-4-9-21(12-14)11-13-6-7-15(18)10-16(13)19/h6-7,10,14H,2-5,8-9,11-12H2,1H3,(H,20,22)/t14-/m1/s1. The van der Waals surface area contributed by atoms with Crippen molar-refractivity contribution in [1.82, 2.24) is 10.2 Å². The van der Waals surface area contributed by atoms with Gasteiger partial charge in [0.25, 0.3) is 0 Å². The van der Waals surface area contributed by atoms with Gasteiger partial charge in [-0.25, -0.2) is 0 Å². The highest BCUT2D eigenvalue weighted by Gasteiger charge is 2.25. The van der Waals surface area contributed by atoms with Crippen LogP contribution in [0, 0.1) is 5.92 Å². The van der Waals surface area contributed by atoms with Crippen molar-refractivity contribution < 1.29 is 4.79 Å². The van der Waals surface area contributed by atoms with E-state index in [2.05, 4.69) is 17.1 Å². The van der Waals surface area contributed by atoms with Crippen molar-refractivity contribution in [2.75, 3.05) is 19.6 Å². The summed E-state index contributed by atoms with van der Waals surface area (Å²) in [6.07, 6.45) is 4.18. The highest BCUT2D eigenvalue weighted by Crippen LogP contribution is 2.24. The Morgan fingerprint density at radius 1 is 1.41 bits per heavy atom. The van der Waals surface area contributed by atoms with Crippen LogP contribution < -0.4 is 5.32 Å². The molecule has 0 radical (unpaired) electrons. The van der Waals surface area contributed by atoms with E-state index in [1.807, 2.05) is 12.1 Å². The fraction of sp³-hybridized carbons (Fsp3) is 0.588. The smallest absolute Gasteiger partial charge is 0.224 e. The zero-order chi connectivity index (χ0) is 15.9. The van der Waals surface area contributed by atoms with Crippen LogP contribution >= 0.6 is 23.2 Å². The number of likely N-dealkylation sites (tertiary alicyclic amines) is 1. The number of carbonyl (C=O) groups is 1. The first-order chi connectivity index (χ1) is 10.6. The third kappa shape index (κ3) is 5.15. The zero-order valence-electron chi connectivity index (χ0n) is 13.1. The van der Waals surface area contributed by atoms with Gasteiger partial charge in [-0.15, -0.1) is 0 Å². The Balaban J connectivity index is 1.88. The molecule has 0 aliphatic carbocycles. The summed E-state index contributed by atoms with van der Waals surface area (Å²) in [5.74, 6) is 0.289. The molecule has 1 saturated heterocycles. The summed E-state index contributed by atoms with van der Waals surface area (Å²) < 4.78 is 0. The van der Waals surface area contributed by atoms with Crippen molar-refractivity contribution in [2.45, 2.75) is 39.2 Å². The van der Waals surface area contributed by atoms with Crippen LogP contribution in [-0.4, -0.2) is 30.4 Å². The second-order valence-electron chi connectivity index (χ2n) is 5.95. The van der Waals surface area contributed by atoms with E-state index in [1.54, 1.807) is 6.07 Å². The molecule has 2 rings (SSSR count). The third-order valence-corrected chi connectivity index (χ3v) is 4.70. The molecule has 0 bridgehead atoms. The molecule has 5 heteroatoms. The van der Waals surface area contributed by atoms with E-state index in [0.29, 0.717) is 10.0 Å². The van der Waals surface area contributed by atoms with Crippen LogP contribution in [0.25, 0.3) is 0 Å². The Labute approximate surface area is 143 Å². The fourth-order valence-electron chi connectivity index (χ4n) is 2.84. The Kier molecular flexibility index (Phi) is 7.00. The minimum atomic E-state index is 0.0941.